The Kier molecular flexibility index (Phi) is 6.09. The van der Waals surface area contributed by atoms with Gasteiger partial charge in [0.05, 0.1) is 0 Å². The predicted octanol–water partition coefficient (Wildman–Crippen LogP) is 3.25. The minimum Gasteiger partial charge on any atom is -0.356 e. The molecule has 1 aromatic rings. The van der Waals surface area contributed by atoms with Crippen LogP contribution in [0.4, 0.5) is 0 Å². The van der Waals surface area contributed by atoms with E-state index in [1.165, 1.54) is 37.8 Å². The SMILES string of the molecule is O=C(NC[C@@H]1CCN(CCc2ccccc2)C1)C1CCCCC1. The molecule has 0 spiro atoms. The van der Waals surface area contributed by atoms with Crippen molar-refractivity contribution in [2.24, 2.45) is 11.8 Å². The lowest BCUT2D eigenvalue weighted by Gasteiger charge is -2.22. The largest absolute Gasteiger partial charge is 0.356 e. The Morgan fingerprint density at radius 1 is 1.09 bits per heavy atom. The lowest BCUT2D eigenvalue weighted by atomic mass is 9.88. The number of hydrogen-bond acceptors (Lipinski definition) is 2. The molecule has 1 atom stereocenters. The lowest BCUT2D eigenvalue weighted by molar-refractivity contribution is -0.126. The molecule has 1 N–H and O–H groups in total. The summed E-state index contributed by atoms with van der Waals surface area (Å²) in [6.07, 6.45) is 8.31. The first-order chi connectivity index (χ1) is 11.3. The van der Waals surface area contributed by atoms with Crippen LogP contribution in [-0.2, 0) is 11.2 Å². The Labute approximate surface area is 140 Å². The highest BCUT2D eigenvalue weighted by Crippen LogP contribution is 2.24. The van der Waals surface area contributed by atoms with Gasteiger partial charge < -0.3 is 10.2 Å². The summed E-state index contributed by atoms with van der Waals surface area (Å²) in [7, 11) is 0. The minimum atomic E-state index is 0.291. The van der Waals surface area contributed by atoms with Crippen LogP contribution < -0.4 is 5.32 Å². The molecule has 0 unspecified atom stereocenters. The number of carbonyl (C=O) groups is 1. The number of nitrogens with one attached hydrogen (secondary N) is 1. The Morgan fingerprint density at radius 3 is 2.65 bits per heavy atom. The quantitative estimate of drug-likeness (QED) is 0.874. The third-order valence-electron chi connectivity index (χ3n) is 5.47. The molecule has 0 bridgehead atoms. The highest BCUT2D eigenvalue weighted by molar-refractivity contribution is 5.78. The van der Waals surface area contributed by atoms with Crippen LogP contribution in [0.15, 0.2) is 30.3 Å². The molecule has 0 aromatic heterocycles. The van der Waals surface area contributed by atoms with Crippen molar-refractivity contribution in [2.75, 3.05) is 26.2 Å². The molecule has 3 rings (SSSR count). The summed E-state index contributed by atoms with van der Waals surface area (Å²) < 4.78 is 0. The highest BCUT2D eigenvalue weighted by atomic mass is 16.1. The van der Waals surface area contributed by atoms with Crippen molar-refractivity contribution in [3.63, 3.8) is 0 Å². The van der Waals surface area contributed by atoms with E-state index in [0.29, 0.717) is 17.7 Å². The summed E-state index contributed by atoms with van der Waals surface area (Å²) >= 11 is 0. The van der Waals surface area contributed by atoms with Gasteiger partial charge in [0.15, 0.2) is 0 Å². The summed E-state index contributed by atoms with van der Waals surface area (Å²) in [5, 5.41) is 3.22. The van der Waals surface area contributed by atoms with Gasteiger partial charge in [-0.3, -0.25) is 4.79 Å². The van der Waals surface area contributed by atoms with Crippen LogP contribution in [-0.4, -0.2) is 37.0 Å². The first-order valence-corrected chi connectivity index (χ1v) is 9.35. The maximum absolute atomic E-state index is 12.2. The topological polar surface area (TPSA) is 32.3 Å². The molecule has 1 aromatic carbocycles. The van der Waals surface area contributed by atoms with Gasteiger partial charge >= 0.3 is 0 Å². The van der Waals surface area contributed by atoms with Gasteiger partial charge in [-0.2, -0.15) is 0 Å². The molecular weight excluding hydrogens is 284 g/mol. The molecule has 3 nitrogen and oxygen atoms in total. The van der Waals surface area contributed by atoms with Gasteiger partial charge in [0.25, 0.3) is 0 Å². The van der Waals surface area contributed by atoms with Crippen molar-refractivity contribution in [3.8, 4) is 0 Å². The summed E-state index contributed by atoms with van der Waals surface area (Å²) in [6, 6.07) is 10.7. The average molecular weight is 314 g/mol. The number of nitrogens with zero attached hydrogens (tertiary/aromatic N) is 1. The van der Waals surface area contributed by atoms with Gasteiger partial charge in [0, 0.05) is 25.6 Å². The van der Waals surface area contributed by atoms with Crippen molar-refractivity contribution in [3.05, 3.63) is 35.9 Å². The second-order valence-electron chi connectivity index (χ2n) is 7.27. The zero-order valence-electron chi connectivity index (χ0n) is 14.2. The average Bonchev–Trinajstić information content (AvgIpc) is 3.07. The molecule has 23 heavy (non-hydrogen) atoms. The third-order valence-corrected chi connectivity index (χ3v) is 5.47. The third kappa shape index (κ3) is 5.07. The van der Waals surface area contributed by atoms with Crippen LogP contribution in [0, 0.1) is 11.8 Å². The van der Waals surface area contributed by atoms with Gasteiger partial charge in [-0.15, -0.1) is 0 Å². The van der Waals surface area contributed by atoms with Crippen LogP contribution in [0.5, 0.6) is 0 Å². The van der Waals surface area contributed by atoms with Gasteiger partial charge in [0.1, 0.15) is 0 Å². The standard InChI is InChI=1S/C20H30N2O/c23-20(19-9-5-2-6-10-19)21-15-18-12-14-22(16-18)13-11-17-7-3-1-4-8-17/h1,3-4,7-8,18-19H,2,5-6,9-16H2,(H,21,23)/t18-/m0/s1. The molecular formula is C20H30N2O. The minimum absolute atomic E-state index is 0.291. The van der Waals surface area contributed by atoms with Crippen molar-refractivity contribution >= 4 is 5.91 Å². The van der Waals surface area contributed by atoms with Gasteiger partial charge in [-0.1, -0.05) is 49.6 Å². The Morgan fingerprint density at radius 2 is 1.87 bits per heavy atom. The van der Waals surface area contributed by atoms with Crippen LogP contribution >= 0.6 is 0 Å². The van der Waals surface area contributed by atoms with Gasteiger partial charge in [-0.25, -0.2) is 0 Å². The summed E-state index contributed by atoms with van der Waals surface area (Å²) in [5.41, 5.74) is 1.42. The van der Waals surface area contributed by atoms with Crippen LogP contribution in [0.1, 0.15) is 44.1 Å². The van der Waals surface area contributed by atoms with Crippen molar-refractivity contribution in [1.82, 2.24) is 10.2 Å². The zero-order chi connectivity index (χ0) is 15.9. The Hall–Kier alpha value is -1.35. The fourth-order valence-electron chi connectivity index (χ4n) is 3.97. The molecule has 1 saturated carbocycles. The fourth-order valence-corrected chi connectivity index (χ4v) is 3.97. The van der Waals surface area contributed by atoms with E-state index in [1.54, 1.807) is 0 Å². The predicted molar refractivity (Wildman–Crippen MR) is 94.3 cm³/mol. The van der Waals surface area contributed by atoms with E-state index in [-0.39, 0.29) is 0 Å². The van der Waals surface area contributed by atoms with E-state index in [4.69, 9.17) is 0 Å². The van der Waals surface area contributed by atoms with E-state index in [9.17, 15) is 4.79 Å². The normalized spacial score (nSPS) is 23.0. The van der Waals surface area contributed by atoms with Crippen molar-refractivity contribution in [1.29, 1.82) is 0 Å². The van der Waals surface area contributed by atoms with E-state index in [1.807, 2.05) is 0 Å². The smallest absolute Gasteiger partial charge is 0.223 e. The van der Waals surface area contributed by atoms with E-state index < -0.39 is 0 Å². The number of carbonyl (C=O) groups excluding carboxylic acids is 1. The van der Waals surface area contributed by atoms with Gasteiger partial charge in [0.2, 0.25) is 5.91 Å². The molecule has 2 aliphatic rings. The molecule has 1 amide bonds. The molecule has 0 radical (unpaired) electrons. The van der Waals surface area contributed by atoms with E-state index in [0.717, 1.165) is 38.9 Å². The summed E-state index contributed by atoms with van der Waals surface area (Å²) in [4.78, 5) is 14.8. The fraction of sp³-hybridized carbons (Fsp3) is 0.650. The van der Waals surface area contributed by atoms with Crippen molar-refractivity contribution in [2.45, 2.75) is 44.9 Å². The number of likely N-dealkylation sites (tertiary alicyclic amines) is 1. The molecule has 1 aliphatic carbocycles. The van der Waals surface area contributed by atoms with Gasteiger partial charge in [-0.05, 0) is 43.7 Å². The molecule has 1 aliphatic heterocycles. The summed E-state index contributed by atoms with van der Waals surface area (Å²) in [5.74, 6) is 1.24. The zero-order valence-corrected chi connectivity index (χ0v) is 14.2. The van der Waals surface area contributed by atoms with E-state index in [2.05, 4.69) is 40.5 Å². The Bertz CT molecular complexity index is 482. The number of rotatable bonds is 6. The monoisotopic (exact) mass is 314 g/mol. The molecule has 126 valence electrons. The molecule has 3 heteroatoms. The molecule has 1 saturated heterocycles. The molecule has 1 heterocycles. The number of amides is 1. The Balaban J connectivity index is 1.34. The van der Waals surface area contributed by atoms with Crippen molar-refractivity contribution < 1.29 is 4.79 Å². The second kappa shape index (κ2) is 8.49. The number of hydrogen-bond donors (Lipinski definition) is 1. The van der Waals surface area contributed by atoms with E-state index >= 15 is 0 Å². The first kappa shape index (κ1) is 16.5. The maximum atomic E-state index is 12.2. The van der Waals surface area contributed by atoms with Crippen LogP contribution in [0.3, 0.4) is 0 Å². The second-order valence-corrected chi connectivity index (χ2v) is 7.27. The highest BCUT2D eigenvalue weighted by Gasteiger charge is 2.25. The first-order valence-electron chi connectivity index (χ1n) is 9.35. The maximum Gasteiger partial charge on any atom is 0.223 e. The summed E-state index contributed by atoms with van der Waals surface area (Å²) in [6.45, 7) is 4.32. The van der Waals surface area contributed by atoms with Crippen LogP contribution in [0.25, 0.3) is 0 Å². The lowest BCUT2D eigenvalue weighted by Crippen LogP contribution is -2.36. The molecule has 2 fully saturated rings. The van der Waals surface area contributed by atoms with Crippen LogP contribution in [0.2, 0.25) is 0 Å². The number of benzene rings is 1.